The number of benzene rings is 2. The minimum atomic E-state index is -4.86. The van der Waals surface area contributed by atoms with E-state index >= 15 is 0 Å². The number of pyridine rings is 1. The molecular weight excluding hydrogens is 558 g/mol. The topological polar surface area (TPSA) is 112 Å². The third kappa shape index (κ3) is 8.39. The van der Waals surface area contributed by atoms with Crippen molar-refractivity contribution in [1.29, 1.82) is 0 Å². The van der Waals surface area contributed by atoms with Gasteiger partial charge in [0.15, 0.2) is 6.61 Å². The van der Waals surface area contributed by atoms with Crippen LogP contribution in [0.15, 0.2) is 60.7 Å². The number of hydrogen-bond acceptors (Lipinski definition) is 8. The second kappa shape index (κ2) is 12.8. The van der Waals surface area contributed by atoms with Crippen LogP contribution in [0, 0.1) is 11.8 Å². The van der Waals surface area contributed by atoms with E-state index in [2.05, 4.69) is 21.0 Å². The van der Waals surface area contributed by atoms with Gasteiger partial charge in [0.1, 0.15) is 16.9 Å². The Morgan fingerprint density at radius 1 is 1.03 bits per heavy atom. The number of aromatic nitrogens is 1. The van der Waals surface area contributed by atoms with Crippen LogP contribution in [0.25, 0.3) is 0 Å². The summed E-state index contributed by atoms with van der Waals surface area (Å²) in [5.41, 5.74) is 0.931. The molecule has 0 amide bonds. The number of nitrogens with zero attached hydrogens (tertiary/aromatic N) is 1. The van der Waals surface area contributed by atoms with Crippen LogP contribution < -0.4 is 15.5 Å². The summed E-state index contributed by atoms with van der Waals surface area (Å²) in [4.78, 5) is 4.25. The second-order valence-electron chi connectivity index (χ2n) is 8.02. The lowest BCUT2D eigenvalue weighted by Gasteiger charge is -2.21. The highest BCUT2D eigenvalue weighted by Gasteiger charge is 2.35. The van der Waals surface area contributed by atoms with Gasteiger partial charge in [0, 0.05) is 16.4 Å². The average Bonchev–Trinajstić information content (AvgIpc) is 2.90. The number of ether oxygens (including phenoxy) is 1. The highest BCUT2D eigenvalue weighted by Crippen LogP contribution is 2.45. The first-order valence-electron chi connectivity index (χ1n) is 11.4. The first-order chi connectivity index (χ1) is 18.4. The van der Waals surface area contributed by atoms with Crippen LogP contribution in [0.4, 0.5) is 13.2 Å². The van der Waals surface area contributed by atoms with E-state index in [1.165, 1.54) is 43.5 Å². The fourth-order valence-electron chi connectivity index (χ4n) is 3.44. The van der Waals surface area contributed by atoms with Gasteiger partial charge < -0.3 is 14.4 Å². The Labute approximate surface area is 224 Å². The molecule has 0 saturated carbocycles. The highest BCUT2D eigenvalue weighted by molar-refractivity contribution is 7.86. The molecule has 3 rings (SSSR count). The zero-order valence-corrected chi connectivity index (χ0v) is 22.6. The number of halogens is 3. The van der Waals surface area contributed by atoms with Crippen LogP contribution in [-0.4, -0.2) is 45.0 Å². The van der Waals surface area contributed by atoms with Crippen molar-refractivity contribution in [3.8, 4) is 17.6 Å². The van der Waals surface area contributed by atoms with E-state index in [0.717, 1.165) is 0 Å². The molecule has 3 aromatic rings. The average molecular weight is 584 g/mol. The minimum Gasteiger partial charge on any atom is -0.497 e. The SMILES string of the molecule is CCOP(=O)(c1cc(C#Cc2ccc(OC)cc2)cc(CO)n1)c1ccccc1CS(=O)(=O)OCC(F)(F)F. The van der Waals surface area contributed by atoms with E-state index in [1.807, 2.05) is 0 Å². The minimum absolute atomic E-state index is 0.0686. The lowest BCUT2D eigenvalue weighted by molar-refractivity contribution is -0.152. The maximum atomic E-state index is 14.4. The van der Waals surface area contributed by atoms with Gasteiger partial charge in [0.2, 0.25) is 0 Å². The van der Waals surface area contributed by atoms with E-state index in [-0.39, 0.29) is 28.6 Å². The molecule has 0 saturated heterocycles. The second-order valence-corrected chi connectivity index (χ2v) is 12.0. The molecular formula is C26H25F3NO7PS. The summed E-state index contributed by atoms with van der Waals surface area (Å²) in [6.07, 6.45) is -4.86. The smallest absolute Gasteiger partial charge is 0.413 e. The molecule has 1 unspecified atom stereocenters. The molecule has 2 aromatic carbocycles. The van der Waals surface area contributed by atoms with Crippen molar-refractivity contribution in [3.05, 3.63) is 83.0 Å². The fourth-order valence-corrected chi connectivity index (χ4v) is 6.85. The van der Waals surface area contributed by atoms with Gasteiger partial charge >= 0.3 is 6.18 Å². The zero-order chi connectivity index (χ0) is 28.7. The number of aliphatic hydroxyl groups excluding tert-OH is 1. The van der Waals surface area contributed by atoms with Crippen molar-refractivity contribution in [3.63, 3.8) is 0 Å². The Kier molecular flexibility index (Phi) is 9.93. The van der Waals surface area contributed by atoms with E-state index in [1.54, 1.807) is 31.2 Å². The Balaban J connectivity index is 2.06. The molecule has 0 aliphatic carbocycles. The lowest BCUT2D eigenvalue weighted by atomic mass is 10.2. The number of methoxy groups -OCH3 is 1. The number of alkyl halides is 3. The molecule has 8 nitrogen and oxygen atoms in total. The third-order valence-corrected chi connectivity index (χ3v) is 8.79. The summed E-state index contributed by atoms with van der Waals surface area (Å²) in [5.74, 6) is 5.53. The Bertz CT molecular complexity index is 1510. The number of aliphatic hydroxyl groups is 1. The number of hydrogen-bond donors (Lipinski definition) is 1. The van der Waals surface area contributed by atoms with E-state index in [0.29, 0.717) is 16.9 Å². The molecule has 0 fully saturated rings. The Morgan fingerprint density at radius 2 is 1.69 bits per heavy atom. The van der Waals surface area contributed by atoms with Crippen molar-refractivity contribution >= 4 is 28.2 Å². The van der Waals surface area contributed by atoms with Gasteiger partial charge in [-0.25, -0.2) is 4.98 Å². The van der Waals surface area contributed by atoms with Crippen LogP contribution in [0.5, 0.6) is 5.75 Å². The van der Waals surface area contributed by atoms with E-state index < -0.39 is 42.6 Å². The molecule has 39 heavy (non-hydrogen) atoms. The van der Waals surface area contributed by atoms with Gasteiger partial charge in [-0.15, -0.1) is 0 Å². The van der Waals surface area contributed by atoms with Crippen LogP contribution in [0.2, 0.25) is 0 Å². The molecule has 1 aromatic heterocycles. The van der Waals surface area contributed by atoms with Gasteiger partial charge in [0.05, 0.1) is 26.0 Å². The summed E-state index contributed by atoms with van der Waals surface area (Å²) >= 11 is 0. The van der Waals surface area contributed by atoms with Crippen LogP contribution in [0.3, 0.4) is 0 Å². The first kappa shape index (κ1) is 30.3. The molecule has 208 valence electrons. The van der Waals surface area contributed by atoms with Gasteiger partial charge in [0.25, 0.3) is 17.5 Å². The molecule has 0 spiro atoms. The van der Waals surface area contributed by atoms with Gasteiger partial charge in [-0.05, 0) is 55.0 Å². The van der Waals surface area contributed by atoms with Gasteiger partial charge in [-0.3, -0.25) is 8.75 Å². The van der Waals surface area contributed by atoms with Crippen molar-refractivity contribution in [2.24, 2.45) is 0 Å². The Morgan fingerprint density at radius 3 is 2.31 bits per heavy atom. The van der Waals surface area contributed by atoms with Gasteiger partial charge in [-0.1, -0.05) is 30.0 Å². The molecule has 1 heterocycles. The quantitative estimate of drug-likeness (QED) is 0.219. The molecule has 0 radical (unpaired) electrons. The van der Waals surface area contributed by atoms with Crippen molar-refractivity contribution in [2.45, 2.75) is 25.5 Å². The third-order valence-electron chi connectivity index (χ3n) is 5.12. The maximum Gasteiger partial charge on any atom is 0.413 e. The summed E-state index contributed by atoms with van der Waals surface area (Å²) in [6.45, 7) is -1.00. The van der Waals surface area contributed by atoms with E-state index in [9.17, 15) is 31.3 Å². The predicted molar refractivity (Wildman–Crippen MR) is 139 cm³/mol. The molecule has 0 aliphatic rings. The lowest BCUT2D eigenvalue weighted by Crippen LogP contribution is -2.27. The molecule has 1 atom stereocenters. The van der Waals surface area contributed by atoms with Crippen LogP contribution in [-0.2, 0) is 35.7 Å². The monoisotopic (exact) mass is 583 g/mol. The fraction of sp³-hybridized carbons (Fsp3) is 0.269. The standard InChI is InChI=1S/C26H25F3NO7PS/c1-3-36-38(32,24-7-5-4-6-21(24)17-39(33,34)37-18-26(27,28)29)25-15-20(14-22(16-31)30-25)9-8-19-10-12-23(35-2)13-11-19/h4-7,10-15,31H,3,16-18H2,1-2H3. The molecule has 0 bridgehead atoms. The van der Waals surface area contributed by atoms with Crippen molar-refractivity contribution < 1.29 is 44.7 Å². The first-order valence-corrected chi connectivity index (χ1v) is 14.6. The molecule has 0 aliphatic heterocycles. The molecule has 13 heteroatoms. The summed E-state index contributed by atoms with van der Waals surface area (Å²) in [5, 5.41) is 9.70. The number of rotatable bonds is 10. The summed E-state index contributed by atoms with van der Waals surface area (Å²) in [6, 6.07) is 15.4. The molecule has 1 N–H and O–H groups in total. The van der Waals surface area contributed by atoms with Crippen molar-refractivity contribution in [1.82, 2.24) is 4.98 Å². The van der Waals surface area contributed by atoms with E-state index in [4.69, 9.17) is 9.26 Å². The van der Waals surface area contributed by atoms with Crippen molar-refractivity contribution in [2.75, 3.05) is 20.3 Å². The van der Waals surface area contributed by atoms with Crippen LogP contribution in [0.1, 0.15) is 29.3 Å². The zero-order valence-electron chi connectivity index (χ0n) is 20.9. The largest absolute Gasteiger partial charge is 0.497 e. The summed E-state index contributed by atoms with van der Waals surface area (Å²) in [7, 11) is -7.29. The van der Waals surface area contributed by atoms with Gasteiger partial charge in [-0.2, -0.15) is 21.6 Å². The van der Waals surface area contributed by atoms with Crippen LogP contribution >= 0.6 is 7.37 Å². The highest BCUT2D eigenvalue weighted by atomic mass is 32.2. The summed E-state index contributed by atoms with van der Waals surface area (Å²) < 4.78 is 91.5. The maximum absolute atomic E-state index is 14.4. The Hall–Kier alpha value is -3.20. The normalized spacial score (nSPS) is 13.3. The predicted octanol–water partition coefficient (Wildman–Crippen LogP) is 3.66.